The summed E-state index contributed by atoms with van der Waals surface area (Å²) in [6.45, 7) is 1.72. The Morgan fingerprint density at radius 1 is 1.36 bits per heavy atom. The second-order valence-electron chi connectivity index (χ2n) is 5.46. The Morgan fingerprint density at radius 3 is 2.86 bits per heavy atom. The molecule has 0 amide bonds. The van der Waals surface area contributed by atoms with Crippen LogP contribution < -0.4 is 10.6 Å². The van der Waals surface area contributed by atoms with E-state index in [1.807, 2.05) is 23.9 Å². The number of aliphatic imine (C=N–C) groups is 1. The number of hydrogen-bond donors (Lipinski definition) is 2. The lowest BCUT2D eigenvalue weighted by Crippen LogP contribution is -2.45. The third-order valence-electron chi connectivity index (χ3n) is 3.76. The van der Waals surface area contributed by atoms with Gasteiger partial charge in [-0.05, 0) is 31.2 Å². The van der Waals surface area contributed by atoms with Gasteiger partial charge < -0.3 is 15.1 Å². The van der Waals surface area contributed by atoms with Crippen LogP contribution in [0.1, 0.15) is 37.9 Å². The summed E-state index contributed by atoms with van der Waals surface area (Å²) in [5.41, 5.74) is 0. The summed E-state index contributed by atoms with van der Waals surface area (Å²) >= 11 is 1.83. The lowest BCUT2D eigenvalue weighted by atomic mass is 9.96. The predicted molar refractivity (Wildman–Crippen MR) is 107 cm³/mol. The molecule has 0 aromatic carbocycles. The van der Waals surface area contributed by atoms with Crippen LogP contribution in [0.4, 0.5) is 0 Å². The van der Waals surface area contributed by atoms with Gasteiger partial charge in [-0.25, -0.2) is 0 Å². The van der Waals surface area contributed by atoms with Crippen molar-refractivity contribution in [3.8, 4) is 0 Å². The lowest BCUT2D eigenvalue weighted by Gasteiger charge is -2.25. The Labute approximate surface area is 155 Å². The Bertz CT molecular complexity index is 406. The summed E-state index contributed by atoms with van der Waals surface area (Å²) in [7, 11) is 0. The molecule has 126 valence electrons. The third kappa shape index (κ3) is 7.76. The number of halogens is 1. The smallest absolute Gasteiger partial charge is 0.191 e. The van der Waals surface area contributed by atoms with Crippen molar-refractivity contribution >= 4 is 41.7 Å². The standard InChI is InChI=1S/C16H27N3OS.HI/c1-21-13-11-18-16(19-14-6-3-2-4-7-14)17-10-9-15-8-5-12-20-15;/h5,8,12,14H,2-4,6-7,9-11,13H2,1H3,(H2,17,18,19);1H. The number of hydrogen-bond acceptors (Lipinski definition) is 3. The molecule has 6 heteroatoms. The van der Waals surface area contributed by atoms with Crippen molar-refractivity contribution in [3.05, 3.63) is 24.2 Å². The maximum Gasteiger partial charge on any atom is 0.191 e. The van der Waals surface area contributed by atoms with E-state index in [-0.39, 0.29) is 24.0 Å². The average molecular weight is 437 g/mol. The molecule has 0 aliphatic heterocycles. The molecule has 2 rings (SSSR count). The Balaban J connectivity index is 0.00000242. The fourth-order valence-electron chi connectivity index (χ4n) is 2.60. The molecule has 1 aliphatic carbocycles. The van der Waals surface area contributed by atoms with Crippen LogP contribution in [0.2, 0.25) is 0 Å². The largest absolute Gasteiger partial charge is 0.469 e. The van der Waals surface area contributed by atoms with Gasteiger partial charge in [0.25, 0.3) is 0 Å². The average Bonchev–Trinajstić information content (AvgIpc) is 3.02. The summed E-state index contributed by atoms with van der Waals surface area (Å²) in [6, 6.07) is 4.53. The Hall–Kier alpha value is -0.370. The van der Waals surface area contributed by atoms with Crippen LogP contribution in [0.15, 0.2) is 27.8 Å². The van der Waals surface area contributed by atoms with Crippen LogP contribution in [0.3, 0.4) is 0 Å². The first kappa shape index (κ1) is 19.7. The molecule has 4 nitrogen and oxygen atoms in total. The fraction of sp³-hybridized carbons (Fsp3) is 0.688. The normalized spacial score (nSPS) is 16.1. The molecule has 0 unspecified atom stereocenters. The molecule has 0 bridgehead atoms. The van der Waals surface area contributed by atoms with Gasteiger partial charge in [-0.1, -0.05) is 19.3 Å². The van der Waals surface area contributed by atoms with Gasteiger partial charge in [0, 0.05) is 24.8 Å². The molecule has 1 aromatic heterocycles. The molecule has 1 aliphatic rings. The van der Waals surface area contributed by atoms with Crippen molar-refractivity contribution in [1.29, 1.82) is 0 Å². The van der Waals surface area contributed by atoms with Gasteiger partial charge in [0.1, 0.15) is 5.76 Å². The van der Waals surface area contributed by atoms with E-state index in [0.717, 1.165) is 37.0 Å². The molecular formula is C16H28IN3OS. The summed E-state index contributed by atoms with van der Waals surface area (Å²) in [6.07, 6.45) is 11.3. The van der Waals surface area contributed by atoms with Gasteiger partial charge >= 0.3 is 0 Å². The molecule has 1 heterocycles. The van der Waals surface area contributed by atoms with Crippen LogP contribution in [-0.2, 0) is 6.42 Å². The van der Waals surface area contributed by atoms with Gasteiger partial charge in [-0.2, -0.15) is 11.8 Å². The van der Waals surface area contributed by atoms with E-state index < -0.39 is 0 Å². The van der Waals surface area contributed by atoms with Crippen LogP contribution >= 0.6 is 35.7 Å². The summed E-state index contributed by atoms with van der Waals surface area (Å²) in [5, 5.41) is 7.03. The molecule has 2 N–H and O–H groups in total. The highest BCUT2D eigenvalue weighted by Gasteiger charge is 2.14. The van der Waals surface area contributed by atoms with E-state index in [9.17, 15) is 0 Å². The molecule has 0 saturated heterocycles. The second kappa shape index (κ2) is 12.1. The first-order valence-electron chi connectivity index (χ1n) is 7.94. The minimum absolute atomic E-state index is 0. The SMILES string of the molecule is CSCCN=C(NCCc1ccco1)NC1CCCCC1.I. The van der Waals surface area contributed by atoms with Crippen molar-refractivity contribution in [2.24, 2.45) is 4.99 Å². The van der Waals surface area contributed by atoms with Crippen LogP contribution in [0.25, 0.3) is 0 Å². The van der Waals surface area contributed by atoms with Crippen molar-refractivity contribution in [3.63, 3.8) is 0 Å². The van der Waals surface area contributed by atoms with Crippen molar-refractivity contribution in [1.82, 2.24) is 10.6 Å². The van der Waals surface area contributed by atoms with Gasteiger partial charge in [0.05, 0.1) is 12.8 Å². The summed E-state index contributed by atoms with van der Waals surface area (Å²) in [4.78, 5) is 4.67. The van der Waals surface area contributed by atoms with Crippen molar-refractivity contribution in [2.45, 2.75) is 44.6 Å². The molecule has 1 fully saturated rings. The monoisotopic (exact) mass is 437 g/mol. The minimum atomic E-state index is 0. The third-order valence-corrected chi connectivity index (χ3v) is 4.35. The Kier molecular flexibility index (Phi) is 10.8. The topological polar surface area (TPSA) is 49.6 Å². The molecule has 0 spiro atoms. The first-order valence-corrected chi connectivity index (χ1v) is 9.34. The highest BCUT2D eigenvalue weighted by Crippen LogP contribution is 2.17. The highest BCUT2D eigenvalue weighted by molar-refractivity contribution is 14.0. The molecule has 1 saturated carbocycles. The van der Waals surface area contributed by atoms with E-state index in [1.54, 1.807) is 6.26 Å². The minimum Gasteiger partial charge on any atom is -0.469 e. The summed E-state index contributed by atoms with van der Waals surface area (Å²) in [5.74, 6) is 3.04. The second-order valence-corrected chi connectivity index (χ2v) is 6.44. The van der Waals surface area contributed by atoms with Crippen LogP contribution in [-0.4, -0.2) is 37.1 Å². The van der Waals surface area contributed by atoms with E-state index in [0.29, 0.717) is 6.04 Å². The molecule has 0 atom stereocenters. The number of furan rings is 1. The molecule has 0 radical (unpaired) electrons. The number of nitrogens with zero attached hydrogens (tertiary/aromatic N) is 1. The van der Waals surface area contributed by atoms with E-state index in [4.69, 9.17) is 4.42 Å². The lowest BCUT2D eigenvalue weighted by molar-refractivity contribution is 0.409. The van der Waals surface area contributed by atoms with Gasteiger partial charge in [-0.3, -0.25) is 4.99 Å². The quantitative estimate of drug-likeness (QED) is 0.296. The van der Waals surface area contributed by atoms with Gasteiger partial charge in [-0.15, -0.1) is 24.0 Å². The zero-order valence-electron chi connectivity index (χ0n) is 13.3. The summed E-state index contributed by atoms with van der Waals surface area (Å²) < 4.78 is 5.36. The zero-order chi connectivity index (χ0) is 14.8. The fourth-order valence-corrected chi connectivity index (χ4v) is 2.87. The van der Waals surface area contributed by atoms with E-state index in [2.05, 4.69) is 21.9 Å². The number of guanidine groups is 1. The maximum atomic E-state index is 5.36. The maximum absolute atomic E-state index is 5.36. The molecular weight excluding hydrogens is 409 g/mol. The van der Waals surface area contributed by atoms with Crippen LogP contribution in [0, 0.1) is 0 Å². The molecule has 1 aromatic rings. The van der Waals surface area contributed by atoms with E-state index >= 15 is 0 Å². The Morgan fingerprint density at radius 2 is 2.18 bits per heavy atom. The van der Waals surface area contributed by atoms with Crippen molar-refractivity contribution < 1.29 is 4.42 Å². The van der Waals surface area contributed by atoms with Gasteiger partial charge in [0.2, 0.25) is 0 Å². The number of thioether (sulfide) groups is 1. The first-order chi connectivity index (χ1) is 10.4. The van der Waals surface area contributed by atoms with Crippen LogP contribution in [0.5, 0.6) is 0 Å². The zero-order valence-corrected chi connectivity index (χ0v) is 16.5. The van der Waals surface area contributed by atoms with Crippen molar-refractivity contribution in [2.75, 3.05) is 25.1 Å². The number of rotatable bonds is 7. The predicted octanol–water partition coefficient (Wildman–Crippen LogP) is 3.67. The van der Waals surface area contributed by atoms with Gasteiger partial charge in [0.15, 0.2) is 5.96 Å². The number of nitrogens with one attached hydrogen (secondary N) is 2. The molecule has 22 heavy (non-hydrogen) atoms. The highest BCUT2D eigenvalue weighted by atomic mass is 127. The van der Waals surface area contributed by atoms with E-state index in [1.165, 1.54) is 32.1 Å².